The maximum Gasteiger partial charge on any atom is 0.277 e. The molecule has 0 unspecified atom stereocenters. The number of amides is 2. The van der Waals surface area contributed by atoms with Crippen molar-refractivity contribution in [2.45, 2.75) is 6.92 Å². The van der Waals surface area contributed by atoms with Crippen LogP contribution in [-0.4, -0.2) is 11.8 Å². The average Bonchev–Trinajstić information content (AvgIpc) is 3.03. The molecule has 1 aliphatic rings. The zero-order chi connectivity index (χ0) is 15.1. The molecule has 0 fully saturated rings. The molecule has 3 nitrogen and oxygen atoms in total. The van der Waals surface area contributed by atoms with Crippen molar-refractivity contribution in [2.24, 2.45) is 0 Å². The van der Waals surface area contributed by atoms with Gasteiger partial charge in [-0.05, 0) is 36.1 Å². The zero-order valence-corrected chi connectivity index (χ0v) is 13.2. The maximum atomic E-state index is 12.5. The molecule has 1 aromatic carbocycles. The Hall–Kier alpha value is -1.62. The Labute approximate surface area is 135 Å². The smallest absolute Gasteiger partial charge is 0.268 e. The van der Waals surface area contributed by atoms with E-state index in [0.29, 0.717) is 15.6 Å². The van der Waals surface area contributed by atoms with Gasteiger partial charge < -0.3 is 0 Å². The van der Waals surface area contributed by atoms with Crippen LogP contribution in [0.1, 0.15) is 10.4 Å². The molecule has 2 heterocycles. The summed E-state index contributed by atoms with van der Waals surface area (Å²) in [6.45, 7) is 1.85. The van der Waals surface area contributed by atoms with Crippen molar-refractivity contribution in [3.63, 3.8) is 0 Å². The Bertz CT molecular complexity index is 781. The van der Waals surface area contributed by atoms with Crippen molar-refractivity contribution in [3.05, 3.63) is 56.2 Å². The zero-order valence-electron chi connectivity index (χ0n) is 10.9. The molecule has 6 heteroatoms. The van der Waals surface area contributed by atoms with Gasteiger partial charge in [-0.3, -0.25) is 9.59 Å². The largest absolute Gasteiger partial charge is 0.277 e. The predicted molar refractivity (Wildman–Crippen MR) is 85.8 cm³/mol. The minimum absolute atomic E-state index is 0.0563. The molecule has 21 heavy (non-hydrogen) atoms. The van der Waals surface area contributed by atoms with Crippen LogP contribution in [0, 0.1) is 6.92 Å². The van der Waals surface area contributed by atoms with Crippen LogP contribution in [0.25, 0.3) is 5.57 Å². The minimum Gasteiger partial charge on any atom is -0.268 e. The number of hydrogen-bond donors (Lipinski definition) is 0. The lowest BCUT2D eigenvalue weighted by Gasteiger charge is -2.15. The molecule has 0 radical (unpaired) electrons. The summed E-state index contributed by atoms with van der Waals surface area (Å²) in [7, 11) is 0. The number of nitrogens with zero attached hydrogens (tertiary/aromatic N) is 1. The van der Waals surface area contributed by atoms with E-state index in [4.69, 9.17) is 23.2 Å². The van der Waals surface area contributed by atoms with E-state index in [-0.39, 0.29) is 10.6 Å². The van der Waals surface area contributed by atoms with Crippen LogP contribution >= 0.6 is 34.5 Å². The number of rotatable bonds is 2. The van der Waals surface area contributed by atoms with Crippen molar-refractivity contribution in [2.75, 3.05) is 4.90 Å². The molecule has 3 rings (SSSR count). The monoisotopic (exact) mass is 337 g/mol. The second-order valence-electron chi connectivity index (χ2n) is 4.55. The molecular weight excluding hydrogens is 329 g/mol. The highest BCUT2D eigenvalue weighted by atomic mass is 35.5. The van der Waals surface area contributed by atoms with Crippen molar-refractivity contribution in [1.82, 2.24) is 0 Å². The summed E-state index contributed by atoms with van der Waals surface area (Å²) in [6.07, 6.45) is 0. The van der Waals surface area contributed by atoms with Crippen LogP contribution in [0.3, 0.4) is 0 Å². The molecular formula is C15H9Cl2NO2S. The SMILES string of the molecule is Cc1ccc(N2C(=O)C(Cl)=C(c3cccs3)C2=O)cc1Cl. The van der Waals surface area contributed by atoms with Gasteiger partial charge in [0.2, 0.25) is 0 Å². The summed E-state index contributed by atoms with van der Waals surface area (Å²) in [4.78, 5) is 26.6. The Morgan fingerprint density at radius 2 is 1.86 bits per heavy atom. The number of carbonyl (C=O) groups excluding carboxylic acids is 2. The minimum atomic E-state index is -0.523. The molecule has 0 bridgehead atoms. The van der Waals surface area contributed by atoms with Gasteiger partial charge in [-0.2, -0.15) is 0 Å². The van der Waals surface area contributed by atoms with Gasteiger partial charge in [-0.1, -0.05) is 35.3 Å². The van der Waals surface area contributed by atoms with Gasteiger partial charge in [0.25, 0.3) is 11.8 Å². The third-order valence-corrected chi connectivity index (χ3v) is 4.85. The van der Waals surface area contributed by atoms with E-state index in [1.54, 1.807) is 30.3 Å². The fourth-order valence-corrected chi connectivity index (χ4v) is 3.36. The summed E-state index contributed by atoms with van der Waals surface area (Å²) < 4.78 is 0. The summed E-state index contributed by atoms with van der Waals surface area (Å²) in [5.41, 5.74) is 1.54. The molecule has 1 aromatic heterocycles. The van der Waals surface area contributed by atoms with E-state index in [1.807, 2.05) is 12.3 Å². The van der Waals surface area contributed by atoms with Crippen LogP contribution in [0.15, 0.2) is 40.7 Å². The fourth-order valence-electron chi connectivity index (χ4n) is 2.09. The number of hydrogen-bond acceptors (Lipinski definition) is 3. The molecule has 0 aliphatic carbocycles. The molecule has 0 saturated carbocycles. The van der Waals surface area contributed by atoms with E-state index in [9.17, 15) is 9.59 Å². The predicted octanol–water partition coefficient (Wildman–Crippen LogP) is 4.23. The average molecular weight is 338 g/mol. The van der Waals surface area contributed by atoms with Gasteiger partial charge in [0, 0.05) is 9.90 Å². The molecule has 106 valence electrons. The summed E-state index contributed by atoms with van der Waals surface area (Å²) >= 11 is 13.5. The van der Waals surface area contributed by atoms with Gasteiger partial charge in [-0.25, -0.2) is 4.90 Å². The van der Waals surface area contributed by atoms with Crippen LogP contribution < -0.4 is 4.90 Å². The van der Waals surface area contributed by atoms with E-state index in [1.165, 1.54) is 11.3 Å². The Morgan fingerprint density at radius 1 is 1.10 bits per heavy atom. The Kier molecular flexibility index (Phi) is 3.61. The van der Waals surface area contributed by atoms with Crippen LogP contribution in [-0.2, 0) is 9.59 Å². The second-order valence-corrected chi connectivity index (χ2v) is 6.28. The number of halogens is 2. The maximum absolute atomic E-state index is 12.5. The van der Waals surface area contributed by atoms with Gasteiger partial charge >= 0.3 is 0 Å². The number of aryl methyl sites for hydroxylation is 1. The highest BCUT2D eigenvalue weighted by Gasteiger charge is 2.39. The number of benzene rings is 1. The molecule has 2 aromatic rings. The topological polar surface area (TPSA) is 37.4 Å². The molecule has 0 saturated heterocycles. The summed E-state index contributed by atoms with van der Waals surface area (Å²) in [6, 6.07) is 8.60. The van der Waals surface area contributed by atoms with Gasteiger partial charge in [0.15, 0.2) is 0 Å². The second kappa shape index (κ2) is 5.30. The molecule has 0 spiro atoms. The first-order valence-electron chi connectivity index (χ1n) is 6.09. The lowest BCUT2D eigenvalue weighted by Crippen LogP contribution is -2.31. The van der Waals surface area contributed by atoms with E-state index >= 15 is 0 Å². The van der Waals surface area contributed by atoms with E-state index in [0.717, 1.165) is 10.5 Å². The fraction of sp³-hybridized carbons (Fsp3) is 0.0667. The van der Waals surface area contributed by atoms with E-state index < -0.39 is 11.8 Å². The van der Waals surface area contributed by atoms with Crippen LogP contribution in [0.4, 0.5) is 5.69 Å². The quantitative estimate of drug-likeness (QED) is 0.769. The molecule has 2 amide bonds. The summed E-state index contributed by atoms with van der Waals surface area (Å²) in [5.74, 6) is -0.947. The first kappa shape index (κ1) is 14.3. The molecule has 0 atom stereocenters. The van der Waals surface area contributed by atoms with E-state index in [2.05, 4.69) is 0 Å². The van der Waals surface area contributed by atoms with Crippen LogP contribution in [0.5, 0.6) is 0 Å². The highest BCUT2D eigenvalue weighted by molar-refractivity contribution is 7.11. The Balaban J connectivity index is 2.06. The number of thiophene rings is 1. The standard InChI is InChI=1S/C15H9Cl2NO2S/c1-8-4-5-9(7-10(8)16)18-14(19)12(13(17)15(18)20)11-3-2-6-21-11/h2-7H,1H3. The van der Waals surface area contributed by atoms with Gasteiger partial charge in [0.05, 0.1) is 11.3 Å². The van der Waals surface area contributed by atoms with Crippen molar-refractivity contribution >= 4 is 57.6 Å². The first-order chi connectivity index (χ1) is 10.0. The van der Waals surface area contributed by atoms with Gasteiger partial charge in [-0.15, -0.1) is 11.3 Å². The summed E-state index contributed by atoms with van der Waals surface area (Å²) in [5, 5.41) is 2.27. The Morgan fingerprint density at radius 3 is 2.48 bits per heavy atom. The van der Waals surface area contributed by atoms with Crippen molar-refractivity contribution in [1.29, 1.82) is 0 Å². The van der Waals surface area contributed by atoms with Crippen molar-refractivity contribution in [3.8, 4) is 0 Å². The molecule has 1 aliphatic heterocycles. The normalized spacial score (nSPS) is 15.3. The van der Waals surface area contributed by atoms with Crippen LogP contribution in [0.2, 0.25) is 5.02 Å². The molecule has 0 N–H and O–H groups in total. The number of imide groups is 1. The highest BCUT2D eigenvalue weighted by Crippen LogP contribution is 2.37. The van der Waals surface area contributed by atoms with Crippen molar-refractivity contribution < 1.29 is 9.59 Å². The van der Waals surface area contributed by atoms with Gasteiger partial charge in [0.1, 0.15) is 5.03 Å². The number of carbonyl (C=O) groups is 2. The lowest BCUT2D eigenvalue weighted by molar-refractivity contribution is -0.119. The lowest BCUT2D eigenvalue weighted by atomic mass is 10.2. The first-order valence-corrected chi connectivity index (χ1v) is 7.73. The third-order valence-electron chi connectivity index (χ3n) is 3.21. The third kappa shape index (κ3) is 2.29. The number of anilines is 1.